The van der Waals surface area contributed by atoms with E-state index in [2.05, 4.69) is 9.97 Å². The molecule has 0 fully saturated rings. The first-order valence-corrected chi connectivity index (χ1v) is 4.36. The molecule has 2 aromatic rings. The number of rotatable bonds is 2. The predicted octanol–water partition coefficient (Wildman–Crippen LogP) is 1.43. The number of hydrogen-bond acceptors (Lipinski definition) is 5. The fourth-order valence-corrected chi connectivity index (χ4v) is 1.07. The highest BCUT2D eigenvalue weighted by atomic mass is 16.5. The standard InChI is InChI=1S/C10H10N4O/c11-8-9(12)13-6-14-10(8)15-7-4-2-1-3-5-7/h1-6H,11H2,(H2,12,13,14). The lowest BCUT2D eigenvalue weighted by Gasteiger charge is -2.07. The molecule has 2 rings (SSSR count). The molecule has 0 saturated heterocycles. The maximum Gasteiger partial charge on any atom is 0.248 e. The fraction of sp³-hybridized carbons (Fsp3) is 0. The van der Waals surface area contributed by atoms with Crippen LogP contribution in [0.15, 0.2) is 36.7 Å². The molecule has 0 unspecified atom stereocenters. The molecule has 0 aliphatic rings. The number of nitrogens with zero attached hydrogens (tertiary/aromatic N) is 2. The predicted molar refractivity (Wildman–Crippen MR) is 57.4 cm³/mol. The first-order chi connectivity index (χ1) is 7.27. The van der Waals surface area contributed by atoms with E-state index in [0.29, 0.717) is 5.75 Å². The Morgan fingerprint density at radius 2 is 1.73 bits per heavy atom. The van der Waals surface area contributed by atoms with Crippen molar-refractivity contribution in [3.05, 3.63) is 36.7 Å². The Morgan fingerprint density at radius 1 is 1.00 bits per heavy atom. The summed E-state index contributed by atoms with van der Waals surface area (Å²) < 4.78 is 5.43. The van der Waals surface area contributed by atoms with Crippen LogP contribution in [0.1, 0.15) is 0 Å². The quantitative estimate of drug-likeness (QED) is 0.769. The monoisotopic (exact) mass is 202 g/mol. The van der Waals surface area contributed by atoms with Gasteiger partial charge in [-0.2, -0.15) is 4.98 Å². The van der Waals surface area contributed by atoms with Crippen LogP contribution in [-0.4, -0.2) is 9.97 Å². The number of ether oxygens (including phenoxy) is 1. The van der Waals surface area contributed by atoms with E-state index in [1.807, 2.05) is 18.2 Å². The summed E-state index contributed by atoms with van der Waals surface area (Å²) in [6.07, 6.45) is 1.31. The molecule has 76 valence electrons. The summed E-state index contributed by atoms with van der Waals surface area (Å²) in [5.74, 6) is 1.15. The Morgan fingerprint density at radius 3 is 2.47 bits per heavy atom. The zero-order valence-electron chi connectivity index (χ0n) is 7.92. The lowest BCUT2D eigenvalue weighted by atomic mass is 10.3. The first-order valence-electron chi connectivity index (χ1n) is 4.36. The number of para-hydroxylation sites is 1. The molecule has 5 nitrogen and oxygen atoms in total. The summed E-state index contributed by atoms with van der Waals surface area (Å²) in [5, 5.41) is 0. The average molecular weight is 202 g/mol. The molecular weight excluding hydrogens is 192 g/mol. The highest BCUT2D eigenvalue weighted by Crippen LogP contribution is 2.26. The molecule has 0 atom stereocenters. The molecule has 0 spiro atoms. The summed E-state index contributed by atoms with van der Waals surface area (Å²) >= 11 is 0. The van der Waals surface area contributed by atoms with Crippen molar-refractivity contribution >= 4 is 11.5 Å². The van der Waals surface area contributed by atoms with Crippen molar-refractivity contribution in [1.82, 2.24) is 9.97 Å². The molecule has 0 bridgehead atoms. The van der Waals surface area contributed by atoms with Gasteiger partial charge in [-0.1, -0.05) is 18.2 Å². The maximum atomic E-state index is 5.66. The van der Waals surface area contributed by atoms with Gasteiger partial charge in [-0.05, 0) is 12.1 Å². The van der Waals surface area contributed by atoms with Gasteiger partial charge in [0.1, 0.15) is 17.8 Å². The highest BCUT2D eigenvalue weighted by Gasteiger charge is 2.06. The molecule has 0 amide bonds. The molecule has 1 heterocycles. The lowest BCUT2D eigenvalue weighted by molar-refractivity contribution is 0.464. The largest absolute Gasteiger partial charge is 0.437 e. The number of hydrogen-bond donors (Lipinski definition) is 2. The van der Waals surface area contributed by atoms with Crippen LogP contribution < -0.4 is 16.2 Å². The molecule has 0 aliphatic heterocycles. The van der Waals surface area contributed by atoms with Gasteiger partial charge in [-0.25, -0.2) is 4.98 Å². The fourth-order valence-electron chi connectivity index (χ4n) is 1.07. The molecule has 5 heteroatoms. The van der Waals surface area contributed by atoms with Crippen LogP contribution in [0.5, 0.6) is 11.6 Å². The van der Waals surface area contributed by atoms with Gasteiger partial charge < -0.3 is 16.2 Å². The van der Waals surface area contributed by atoms with Gasteiger partial charge in [-0.3, -0.25) is 0 Å². The van der Waals surface area contributed by atoms with Crippen molar-refractivity contribution in [2.45, 2.75) is 0 Å². The third-order valence-electron chi connectivity index (χ3n) is 1.84. The molecule has 0 saturated carbocycles. The molecule has 0 aliphatic carbocycles. The second kappa shape index (κ2) is 3.83. The van der Waals surface area contributed by atoms with Crippen molar-refractivity contribution in [2.75, 3.05) is 11.5 Å². The average Bonchev–Trinajstić information content (AvgIpc) is 2.26. The van der Waals surface area contributed by atoms with Crippen LogP contribution in [-0.2, 0) is 0 Å². The zero-order valence-corrected chi connectivity index (χ0v) is 7.92. The van der Waals surface area contributed by atoms with Gasteiger partial charge in [-0.15, -0.1) is 0 Å². The minimum Gasteiger partial charge on any atom is -0.437 e. The van der Waals surface area contributed by atoms with E-state index in [9.17, 15) is 0 Å². The van der Waals surface area contributed by atoms with Gasteiger partial charge in [0.2, 0.25) is 5.88 Å². The highest BCUT2D eigenvalue weighted by molar-refractivity contribution is 5.64. The molecule has 15 heavy (non-hydrogen) atoms. The van der Waals surface area contributed by atoms with Crippen LogP contribution in [0.2, 0.25) is 0 Å². The van der Waals surface area contributed by atoms with Gasteiger partial charge in [0.15, 0.2) is 5.82 Å². The van der Waals surface area contributed by atoms with Crippen LogP contribution in [0.4, 0.5) is 11.5 Å². The Kier molecular flexibility index (Phi) is 2.37. The molecular formula is C10H10N4O. The zero-order chi connectivity index (χ0) is 10.7. The summed E-state index contributed by atoms with van der Waals surface area (Å²) in [5.41, 5.74) is 11.4. The minimum absolute atomic E-state index is 0.218. The van der Waals surface area contributed by atoms with Crippen LogP contribution in [0.25, 0.3) is 0 Å². The molecule has 1 aromatic carbocycles. The van der Waals surface area contributed by atoms with E-state index < -0.39 is 0 Å². The Hall–Kier alpha value is -2.30. The van der Waals surface area contributed by atoms with E-state index in [1.165, 1.54) is 6.33 Å². The summed E-state index contributed by atoms with van der Waals surface area (Å²) in [6.45, 7) is 0. The van der Waals surface area contributed by atoms with Crippen LogP contribution in [0, 0.1) is 0 Å². The number of benzene rings is 1. The first kappa shape index (κ1) is 9.26. The number of nitrogens with two attached hydrogens (primary N) is 2. The third kappa shape index (κ3) is 1.96. The summed E-state index contributed by atoms with van der Waals surface area (Å²) in [6, 6.07) is 9.21. The van der Waals surface area contributed by atoms with E-state index >= 15 is 0 Å². The molecule has 1 aromatic heterocycles. The number of aromatic nitrogens is 2. The molecule has 0 radical (unpaired) electrons. The van der Waals surface area contributed by atoms with Crippen LogP contribution >= 0.6 is 0 Å². The van der Waals surface area contributed by atoms with Gasteiger partial charge in [0, 0.05) is 0 Å². The molecule has 4 N–H and O–H groups in total. The topological polar surface area (TPSA) is 87.0 Å². The van der Waals surface area contributed by atoms with Crippen molar-refractivity contribution in [2.24, 2.45) is 0 Å². The smallest absolute Gasteiger partial charge is 0.248 e. The second-order valence-corrected chi connectivity index (χ2v) is 2.89. The lowest BCUT2D eigenvalue weighted by Crippen LogP contribution is -2.01. The third-order valence-corrected chi connectivity index (χ3v) is 1.84. The Balaban J connectivity index is 2.29. The van der Waals surface area contributed by atoms with Crippen molar-refractivity contribution in [1.29, 1.82) is 0 Å². The van der Waals surface area contributed by atoms with Crippen molar-refractivity contribution in [3.63, 3.8) is 0 Å². The van der Waals surface area contributed by atoms with Crippen molar-refractivity contribution < 1.29 is 4.74 Å². The summed E-state index contributed by atoms with van der Waals surface area (Å²) in [7, 11) is 0. The summed E-state index contributed by atoms with van der Waals surface area (Å²) in [4.78, 5) is 7.64. The van der Waals surface area contributed by atoms with Gasteiger partial charge in [0.05, 0.1) is 0 Å². The second-order valence-electron chi connectivity index (χ2n) is 2.89. The Bertz CT molecular complexity index is 458. The van der Waals surface area contributed by atoms with E-state index in [-0.39, 0.29) is 17.4 Å². The number of nitrogen functional groups attached to an aromatic ring is 2. The van der Waals surface area contributed by atoms with E-state index in [1.54, 1.807) is 12.1 Å². The van der Waals surface area contributed by atoms with Gasteiger partial charge >= 0.3 is 0 Å². The Labute approximate surface area is 86.7 Å². The SMILES string of the molecule is Nc1ncnc(Oc2ccccc2)c1N. The normalized spacial score (nSPS) is 9.87. The van der Waals surface area contributed by atoms with E-state index in [0.717, 1.165) is 0 Å². The van der Waals surface area contributed by atoms with Crippen molar-refractivity contribution in [3.8, 4) is 11.6 Å². The van der Waals surface area contributed by atoms with Crippen LogP contribution in [0.3, 0.4) is 0 Å². The minimum atomic E-state index is 0.218. The van der Waals surface area contributed by atoms with E-state index in [4.69, 9.17) is 16.2 Å². The maximum absolute atomic E-state index is 5.66. The van der Waals surface area contributed by atoms with Gasteiger partial charge in [0.25, 0.3) is 0 Å². The number of anilines is 2.